The maximum atomic E-state index is 5.92. The minimum atomic E-state index is -1.65. The van der Waals surface area contributed by atoms with E-state index >= 15 is 0 Å². The molecule has 0 amide bonds. The first-order valence-corrected chi connectivity index (χ1v) is 32.0. The SMILES string of the molecule is C[Si](C)=[Zr]([Cl])[Cl].Cc1ccc(-c2c(C)ccc3[cH-]c(-c4occ5ccccc45)cc23)cc1.Cc1ccc(-c2c(C)ccc3[cH-]c(-c4occ5ccccc45)cc23)cc1. The summed E-state index contributed by atoms with van der Waals surface area (Å²) in [5.41, 5.74) is 12.4. The van der Waals surface area contributed by atoms with E-state index in [4.69, 9.17) is 25.9 Å². The topological polar surface area (TPSA) is 26.3 Å². The molecule has 0 unspecified atom stereocenters. The van der Waals surface area contributed by atoms with E-state index in [0.29, 0.717) is 0 Å². The van der Waals surface area contributed by atoms with Gasteiger partial charge in [0.2, 0.25) is 0 Å². The third kappa shape index (κ3) is 8.27. The Morgan fingerprint density at radius 2 is 0.862 bits per heavy atom. The smallest absolute Gasteiger partial charge is 0.0875 e. The van der Waals surface area contributed by atoms with Crippen molar-refractivity contribution in [2.45, 2.75) is 40.8 Å². The van der Waals surface area contributed by atoms with E-state index in [1.165, 1.54) is 66.1 Å². The largest absolute Gasteiger partial charge is 0.498 e. The molecule has 288 valence electrons. The molecule has 10 aromatic rings. The molecule has 2 nitrogen and oxygen atoms in total. The molecule has 10 rings (SSSR count). The quantitative estimate of drug-likeness (QED) is 0.130. The Morgan fingerprint density at radius 1 is 0.483 bits per heavy atom. The van der Waals surface area contributed by atoms with Gasteiger partial charge in [-0.05, 0) is 60.7 Å². The van der Waals surface area contributed by atoms with Crippen molar-refractivity contribution in [2.75, 3.05) is 0 Å². The van der Waals surface area contributed by atoms with Gasteiger partial charge >= 0.3 is 53.5 Å². The molecule has 0 radical (unpaired) electrons. The summed E-state index contributed by atoms with van der Waals surface area (Å²) in [4.78, 5) is 0. The summed E-state index contributed by atoms with van der Waals surface area (Å²) in [5, 5.41) is 9.68. The van der Waals surface area contributed by atoms with Crippen LogP contribution in [0.15, 0.2) is 167 Å². The molecule has 6 heteroatoms. The summed E-state index contributed by atoms with van der Waals surface area (Å²) in [6, 6.07) is 52.0. The van der Waals surface area contributed by atoms with Gasteiger partial charge in [-0.2, -0.15) is 0 Å². The molecule has 2 heterocycles. The zero-order chi connectivity index (χ0) is 40.5. The molecule has 58 heavy (non-hydrogen) atoms. The fourth-order valence-corrected chi connectivity index (χ4v) is 7.68. The van der Waals surface area contributed by atoms with Crippen molar-refractivity contribution in [1.29, 1.82) is 0 Å². The van der Waals surface area contributed by atoms with E-state index in [2.05, 4.69) is 174 Å². The van der Waals surface area contributed by atoms with Crippen LogP contribution in [-0.4, -0.2) is 5.43 Å². The molecule has 8 aromatic carbocycles. The molecule has 0 saturated carbocycles. The van der Waals surface area contributed by atoms with Crippen molar-refractivity contribution in [3.63, 3.8) is 0 Å². The van der Waals surface area contributed by atoms with Gasteiger partial charge in [0.25, 0.3) is 0 Å². The van der Waals surface area contributed by atoms with E-state index < -0.39 is 18.0 Å². The van der Waals surface area contributed by atoms with Crippen LogP contribution in [0.3, 0.4) is 0 Å². The molecule has 0 atom stereocenters. The van der Waals surface area contributed by atoms with Crippen LogP contribution in [0.5, 0.6) is 0 Å². The third-order valence-electron chi connectivity index (χ3n) is 10.8. The van der Waals surface area contributed by atoms with Crippen LogP contribution in [0, 0.1) is 27.7 Å². The first-order chi connectivity index (χ1) is 28.0. The van der Waals surface area contributed by atoms with Gasteiger partial charge in [-0.15, -0.1) is 57.9 Å². The Balaban J connectivity index is 0.000000142. The number of furan rings is 2. The van der Waals surface area contributed by atoms with Gasteiger partial charge in [-0.1, -0.05) is 143 Å². The standard InChI is InChI=1S/2C25H19O.C2H6Si.2ClH.Zr/c2*1-16-7-10-18(11-8-16)24-17(2)9-12-19-13-21(14-23(19)24)25-22-6-4-3-5-20(22)15-26-25;1-3-2;;;/h2*3-15H,1-2H3;1-2H3;2*1H;/q2*-1;;;;+2/p-2. The van der Waals surface area contributed by atoms with Crippen LogP contribution in [0.1, 0.15) is 22.3 Å². The number of rotatable bonds is 4. The molecular weight excluding hydrogens is 847 g/mol. The van der Waals surface area contributed by atoms with E-state index in [1.54, 1.807) is 0 Å². The Hall–Kier alpha value is -4.70. The molecule has 0 aliphatic rings. The maximum absolute atomic E-state index is 5.92. The van der Waals surface area contributed by atoms with Crippen LogP contribution in [0.4, 0.5) is 0 Å². The first kappa shape index (κ1) is 40.1. The number of hydrogen-bond acceptors (Lipinski definition) is 2. The van der Waals surface area contributed by atoms with Gasteiger partial charge < -0.3 is 8.83 Å². The van der Waals surface area contributed by atoms with Crippen LogP contribution < -0.4 is 0 Å². The van der Waals surface area contributed by atoms with Gasteiger partial charge in [0.15, 0.2) is 0 Å². The predicted octanol–water partition coefficient (Wildman–Crippen LogP) is 16.7. The second kappa shape index (κ2) is 17.3. The summed E-state index contributed by atoms with van der Waals surface area (Å²) in [7, 11) is 11.2. The molecule has 0 spiro atoms. The Kier molecular flexibility index (Phi) is 11.9. The predicted molar refractivity (Wildman–Crippen MR) is 249 cm³/mol. The zero-order valence-electron chi connectivity index (χ0n) is 33.6. The summed E-state index contributed by atoms with van der Waals surface area (Å²) in [6.45, 7) is 13.0. The van der Waals surface area contributed by atoms with Crippen molar-refractivity contribution >= 4 is 65.5 Å². The number of hydrogen-bond donors (Lipinski definition) is 0. The molecule has 0 aliphatic carbocycles. The van der Waals surface area contributed by atoms with Crippen molar-refractivity contribution in [1.82, 2.24) is 0 Å². The van der Waals surface area contributed by atoms with Crippen molar-refractivity contribution in [3.8, 4) is 44.9 Å². The number of aryl methyl sites for hydroxylation is 4. The van der Waals surface area contributed by atoms with Crippen molar-refractivity contribution in [3.05, 3.63) is 180 Å². The zero-order valence-corrected chi connectivity index (χ0v) is 38.6. The third-order valence-corrected chi connectivity index (χ3v) is 30.5. The van der Waals surface area contributed by atoms with E-state index in [9.17, 15) is 0 Å². The average Bonchev–Trinajstić information content (AvgIpc) is 4.04. The van der Waals surface area contributed by atoms with Gasteiger partial charge in [0, 0.05) is 10.8 Å². The molecule has 2 aromatic heterocycles. The van der Waals surface area contributed by atoms with Gasteiger partial charge in [0.05, 0.1) is 24.0 Å². The molecular formula is C52H44Cl2O2SiZr-2. The second-order valence-corrected chi connectivity index (χ2v) is 38.3. The summed E-state index contributed by atoms with van der Waals surface area (Å²) < 4.78 is 11.8. The minimum Gasteiger partial charge on any atom is -0.498 e. The number of benzene rings is 6. The monoisotopic (exact) mass is 888 g/mol. The van der Waals surface area contributed by atoms with E-state index in [1.807, 2.05) is 24.7 Å². The second-order valence-electron chi connectivity index (χ2n) is 15.3. The van der Waals surface area contributed by atoms with Crippen molar-refractivity contribution in [2.24, 2.45) is 0 Å². The number of halogens is 2. The van der Waals surface area contributed by atoms with Crippen LogP contribution >= 0.6 is 17.0 Å². The average molecular weight is 891 g/mol. The molecule has 0 bridgehead atoms. The first-order valence-electron chi connectivity index (χ1n) is 19.5. The van der Waals surface area contributed by atoms with Gasteiger partial charge in [0.1, 0.15) is 0 Å². The Bertz CT molecular complexity index is 2870. The molecule has 0 N–H and O–H groups in total. The van der Waals surface area contributed by atoms with Crippen LogP contribution in [0.2, 0.25) is 13.1 Å². The maximum Gasteiger partial charge on any atom is 0.0875 e. The Labute approximate surface area is 355 Å². The van der Waals surface area contributed by atoms with Gasteiger partial charge in [-0.25, -0.2) is 0 Å². The summed E-state index contributed by atoms with van der Waals surface area (Å²) in [5.74, 6) is 1.90. The summed E-state index contributed by atoms with van der Waals surface area (Å²) >= 11 is -1.65. The van der Waals surface area contributed by atoms with Crippen LogP contribution in [-0.2, 0) is 18.0 Å². The van der Waals surface area contributed by atoms with E-state index in [0.717, 1.165) is 44.2 Å². The fourth-order valence-electron chi connectivity index (χ4n) is 7.68. The summed E-state index contributed by atoms with van der Waals surface area (Å²) in [6.07, 6.45) is 3.68. The molecule has 0 aliphatic heterocycles. The Morgan fingerprint density at radius 3 is 1.24 bits per heavy atom. The normalized spacial score (nSPS) is 11.1. The minimum absolute atomic E-state index is 0.224. The van der Waals surface area contributed by atoms with Crippen molar-refractivity contribution < 1.29 is 26.8 Å². The molecule has 0 saturated heterocycles. The number of fused-ring (bicyclic) bond motifs is 4. The van der Waals surface area contributed by atoms with E-state index in [-0.39, 0.29) is 5.43 Å². The van der Waals surface area contributed by atoms with Gasteiger partial charge in [-0.3, -0.25) is 0 Å². The fraction of sp³-hybridized carbons (Fsp3) is 0.115. The molecule has 0 fully saturated rings. The van der Waals surface area contributed by atoms with Crippen LogP contribution in [0.25, 0.3) is 88.0 Å².